The summed E-state index contributed by atoms with van der Waals surface area (Å²) in [6.45, 7) is 2.62. The van der Waals surface area contributed by atoms with E-state index in [0.717, 1.165) is 12.8 Å². The lowest BCUT2D eigenvalue weighted by atomic mass is 10.1. The summed E-state index contributed by atoms with van der Waals surface area (Å²) < 4.78 is 13.7. The third-order valence-electron chi connectivity index (χ3n) is 3.38. The van der Waals surface area contributed by atoms with Crippen LogP contribution in [0.3, 0.4) is 0 Å². The van der Waals surface area contributed by atoms with Crippen LogP contribution in [0.25, 0.3) is 0 Å². The van der Waals surface area contributed by atoms with Gasteiger partial charge in [0.25, 0.3) is 0 Å². The van der Waals surface area contributed by atoms with Crippen LogP contribution in [-0.2, 0) is 13.0 Å². The second-order valence-corrected chi connectivity index (χ2v) is 5.43. The second kappa shape index (κ2) is 7.41. The standard InChI is InChI=1S/C17H19ClFN/c1-13(10-11-14-6-3-2-4-7-14)20-12-15-8-5-9-16(18)17(15)19/h2-9,13,20H,10-12H2,1H3. The van der Waals surface area contributed by atoms with E-state index in [4.69, 9.17) is 11.6 Å². The third-order valence-corrected chi connectivity index (χ3v) is 3.67. The minimum Gasteiger partial charge on any atom is -0.310 e. The fraction of sp³-hybridized carbons (Fsp3) is 0.294. The number of hydrogen-bond donors (Lipinski definition) is 1. The van der Waals surface area contributed by atoms with Crippen LogP contribution in [0.4, 0.5) is 4.39 Å². The van der Waals surface area contributed by atoms with E-state index < -0.39 is 0 Å². The Bertz CT molecular complexity index is 542. The molecule has 0 aliphatic rings. The molecule has 0 spiro atoms. The Morgan fingerprint density at radius 1 is 1.10 bits per heavy atom. The lowest BCUT2D eigenvalue weighted by Crippen LogP contribution is -2.26. The quantitative estimate of drug-likeness (QED) is 0.821. The average Bonchev–Trinajstić information content (AvgIpc) is 2.48. The summed E-state index contributed by atoms with van der Waals surface area (Å²) in [5.41, 5.74) is 1.94. The molecule has 0 heterocycles. The Labute approximate surface area is 124 Å². The van der Waals surface area contributed by atoms with Crippen molar-refractivity contribution in [3.63, 3.8) is 0 Å². The number of hydrogen-bond acceptors (Lipinski definition) is 1. The van der Waals surface area contributed by atoms with Gasteiger partial charge in [-0.2, -0.15) is 0 Å². The molecule has 20 heavy (non-hydrogen) atoms. The zero-order valence-electron chi connectivity index (χ0n) is 11.6. The van der Waals surface area contributed by atoms with E-state index in [-0.39, 0.29) is 10.8 Å². The van der Waals surface area contributed by atoms with Gasteiger partial charge in [-0.15, -0.1) is 0 Å². The lowest BCUT2D eigenvalue weighted by molar-refractivity contribution is 0.501. The highest BCUT2D eigenvalue weighted by Gasteiger charge is 2.08. The summed E-state index contributed by atoms with van der Waals surface area (Å²) in [5, 5.41) is 3.52. The average molecular weight is 292 g/mol. The fourth-order valence-corrected chi connectivity index (χ4v) is 2.29. The first-order chi connectivity index (χ1) is 9.66. The van der Waals surface area contributed by atoms with Crippen molar-refractivity contribution in [1.82, 2.24) is 5.32 Å². The number of benzene rings is 2. The first-order valence-electron chi connectivity index (χ1n) is 6.87. The van der Waals surface area contributed by atoms with Crippen LogP contribution >= 0.6 is 11.6 Å². The zero-order valence-corrected chi connectivity index (χ0v) is 12.3. The molecule has 1 atom stereocenters. The van der Waals surface area contributed by atoms with Crippen LogP contribution in [0.1, 0.15) is 24.5 Å². The molecule has 0 amide bonds. The third kappa shape index (κ3) is 4.32. The minimum absolute atomic E-state index is 0.182. The summed E-state index contributed by atoms with van der Waals surface area (Å²) in [6, 6.07) is 15.8. The predicted octanol–water partition coefficient (Wildman–Crippen LogP) is 4.59. The van der Waals surface area contributed by atoms with Crippen LogP contribution in [-0.4, -0.2) is 6.04 Å². The largest absolute Gasteiger partial charge is 0.310 e. The molecule has 2 rings (SSSR count). The molecule has 106 valence electrons. The van der Waals surface area contributed by atoms with Crippen molar-refractivity contribution in [3.05, 3.63) is 70.5 Å². The lowest BCUT2D eigenvalue weighted by Gasteiger charge is -2.14. The second-order valence-electron chi connectivity index (χ2n) is 5.02. The van der Waals surface area contributed by atoms with Gasteiger partial charge < -0.3 is 5.32 Å². The molecule has 1 unspecified atom stereocenters. The van der Waals surface area contributed by atoms with Gasteiger partial charge in [0.15, 0.2) is 0 Å². The summed E-state index contributed by atoms with van der Waals surface area (Å²) in [4.78, 5) is 0. The maximum Gasteiger partial charge on any atom is 0.146 e. The minimum atomic E-state index is -0.322. The van der Waals surface area contributed by atoms with Crippen molar-refractivity contribution >= 4 is 11.6 Å². The van der Waals surface area contributed by atoms with E-state index >= 15 is 0 Å². The highest BCUT2D eigenvalue weighted by Crippen LogP contribution is 2.17. The van der Waals surface area contributed by atoms with Crippen LogP contribution < -0.4 is 5.32 Å². The molecular weight excluding hydrogens is 273 g/mol. The Morgan fingerprint density at radius 3 is 2.60 bits per heavy atom. The van der Waals surface area contributed by atoms with Gasteiger partial charge >= 0.3 is 0 Å². The first kappa shape index (κ1) is 15.0. The number of rotatable bonds is 6. The summed E-state index contributed by atoms with van der Waals surface area (Å²) in [5.74, 6) is -0.322. The van der Waals surface area contributed by atoms with Crippen LogP contribution in [0.2, 0.25) is 5.02 Å². The van der Waals surface area contributed by atoms with Crippen LogP contribution in [0.15, 0.2) is 48.5 Å². The van der Waals surface area contributed by atoms with E-state index in [2.05, 4.69) is 36.5 Å². The summed E-state index contributed by atoms with van der Waals surface area (Å²) in [7, 11) is 0. The Morgan fingerprint density at radius 2 is 1.85 bits per heavy atom. The Balaban J connectivity index is 1.80. The van der Waals surface area contributed by atoms with Crippen LogP contribution in [0.5, 0.6) is 0 Å². The van der Waals surface area contributed by atoms with Crippen molar-refractivity contribution in [3.8, 4) is 0 Å². The van der Waals surface area contributed by atoms with Crippen molar-refractivity contribution in [1.29, 1.82) is 0 Å². The SMILES string of the molecule is CC(CCc1ccccc1)NCc1cccc(Cl)c1F. The van der Waals surface area contributed by atoms with Crippen molar-refractivity contribution in [2.45, 2.75) is 32.4 Å². The topological polar surface area (TPSA) is 12.0 Å². The maximum absolute atomic E-state index is 13.7. The van der Waals surface area contributed by atoms with Gasteiger partial charge in [-0.05, 0) is 31.4 Å². The monoisotopic (exact) mass is 291 g/mol. The normalized spacial score (nSPS) is 12.3. The summed E-state index contributed by atoms with van der Waals surface area (Å²) >= 11 is 5.77. The molecule has 0 aliphatic heterocycles. The number of halogens is 2. The Kier molecular flexibility index (Phi) is 5.57. The van der Waals surface area contributed by atoms with E-state index in [9.17, 15) is 4.39 Å². The number of nitrogens with one attached hydrogen (secondary N) is 1. The molecule has 0 radical (unpaired) electrons. The van der Waals surface area contributed by atoms with Gasteiger partial charge in [0.1, 0.15) is 5.82 Å². The molecule has 1 N–H and O–H groups in total. The molecule has 3 heteroatoms. The van der Waals surface area contributed by atoms with Crippen LogP contribution in [0, 0.1) is 5.82 Å². The van der Waals surface area contributed by atoms with Gasteiger partial charge in [0.2, 0.25) is 0 Å². The maximum atomic E-state index is 13.7. The highest BCUT2D eigenvalue weighted by atomic mass is 35.5. The molecule has 0 fully saturated rings. The smallest absolute Gasteiger partial charge is 0.146 e. The van der Waals surface area contributed by atoms with E-state index in [1.54, 1.807) is 18.2 Å². The van der Waals surface area contributed by atoms with Crippen molar-refractivity contribution in [2.24, 2.45) is 0 Å². The molecule has 0 bridgehead atoms. The van der Waals surface area contributed by atoms with E-state index in [1.807, 2.05) is 6.07 Å². The zero-order chi connectivity index (χ0) is 14.4. The fourth-order valence-electron chi connectivity index (χ4n) is 2.10. The van der Waals surface area contributed by atoms with Gasteiger partial charge in [0.05, 0.1) is 5.02 Å². The van der Waals surface area contributed by atoms with Gasteiger partial charge in [-0.3, -0.25) is 0 Å². The molecule has 1 nitrogen and oxygen atoms in total. The molecule has 0 saturated carbocycles. The molecular formula is C17H19ClFN. The van der Waals surface area contributed by atoms with E-state index in [0.29, 0.717) is 18.2 Å². The first-order valence-corrected chi connectivity index (χ1v) is 7.25. The molecule has 2 aromatic carbocycles. The van der Waals surface area contributed by atoms with Crippen molar-refractivity contribution in [2.75, 3.05) is 0 Å². The highest BCUT2D eigenvalue weighted by molar-refractivity contribution is 6.30. The molecule has 0 aromatic heterocycles. The van der Waals surface area contributed by atoms with Gasteiger partial charge in [0, 0.05) is 18.2 Å². The predicted molar refractivity (Wildman–Crippen MR) is 82.5 cm³/mol. The Hall–Kier alpha value is -1.38. The number of aryl methyl sites for hydroxylation is 1. The van der Waals surface area contributed by atoms with Gasteiger partial charge in [-0.25, -0.2) is 4.39 Å². The van der Waals surface area contributed by atoms with Gasteiger partial charge in [-0.1, -0.05) is 54.1 Å². The molecule has 0 aliphatic carbocycles. The molecule has 2 aromatic rings. The summed E-state index contributed by atoms with van der Waals surface area (Å²) in [6.07, 6.45) is 2.04. The van der Waals surface area contributed by atoms with Crippen molar-refractivity contribution < 1.29 is 4.39 Å². The van der Waals surface area contributed by atoms with E-state index in [1.165, 1.54) is 5.56 Å². The molecule has 0 saturated heterocycles.